The number of carbonyl (C=O) groups is 2. The molecule has 7 heteroatoms. The predicted molar refractivity (Wildman–Crippen MR) is 74.5 cm³/mol. The van der Waals surface area contributed by atoms with Gasteiger partial charge in [-0.3, -0.25) is 9.59 Å². The van der Waals surface area contributed by atoms with Crippen molar-refractivity contribution in [3.8, 4) is 11.8 Å². The van der Waals surface area contributed by atoms with Crippen LogP contribution < -0.4 is 15.4 Å². The topological polar surface area (TPSA) is 100 Å². The van der Waals surface area contributed by atoms with E-state index in [2.05, 4.69) is 10.6 Å². The highest BCUT2D eigenvalue weighted by Gasteiger charge is 2.07. The smallest absolute Gasteiger partial charge is 0.258 e. The van der Waals surface area contributed by atoms with Gasteiger partial charge >= 0.3 is 0 Å². The zero-order chi connectivity index (χ0) is 15.5. The molecule has 0 heterocycles. The van der Waals surface area contributed by atoms with Crippen LogP contribution in [0, 0.1) is 11.3 Å². The van der Waals surface area contributed by atoms with Crippen LogP contribution in [-0.4, -0.2) is 45.2 Å². The van der Waals surface area contributed by atoms with Crippen molar-refractivity contribution in [3.63, 3.8) is 0 Å². The molecule has 7 nitrogen and oxygen atoms in total. The Hall–Kier alpha value is -2.59. The van der Waals surface area contributed by atoms with Gasteiger partial charge in [0.05, 0.1) is 18.7 Å². The van der Waals surface area contributed by atoms with Crippen LogP contribution in [0.1, 0.15) is 5.56 Å². The lowest BCUT2D eigenvalue weighted by Gasteiger charge is -2.08. The first-order valence-corrected chi connectivity index (χ1v) is 6.31. The zero-order valence-electron chi connectivity index (χ0n) is 11.7. The molecule has 0 saturated carbocycles. The molecule has 0 aliphatic heterocycles. The molecule has 1 aromatic carbocycles. The van der Waals surface area contributed by atoms with Gasteiger partial charge in [0.25, 0.3) is 5.91 Å². The van der Waals surface area contributed by atoms with Gasteiger partial charge in [0, 0.05) is 13.7 Å². The van der Waals surface area contributed by atoms with Gasteiger partial charge in [0.1, 0.15) is 11.8 Å². The van der Waals surface area contributed by atoms with Crippen LogP contribution in [0.25, 0.3) is 0 Å². The number of para-hydroxylation sites is 1. The molecule has 0 aliphatic carbocycles. The molecule has 0 radical (unpaired) electrons. The molecule has 21 heavy (non-hydrogen) atoms. The molecule has 2 amide bonds. The number of benzene rings is 1. The largest absolute Gasteiger partial charge is 0.482 e. The lowest BCUT2D eigenvalue weighted by atomic mass is 10.2. The fraction of sp³-hybridized carbons (Fsp3) is 0.357. The number of hydrogen-bond acceptors (Lipinski definition) is 5. The number of nitrogens with one attached hydrogen (secondary N) is 2. The maximum Gasteiger partial charge on any atom is 0.258 e. The summed E-state index contributed by atoms with van der Waals surface area (Å²) in [6, 6.07) is 8.57. The Balaban J connectivity index is 2.28. The minimum absolute atomic E-state index is 0.133. The number of carbonyl (C=O) groups excluding carboxylic acids is 2. The summed E-state index contributed by atoms with van der Waals surface area (Å²) in [4.78, 5) is 22.9. The van der Waals surface area contributed by atoms with Gasteiger partial charge in [-0.15, -0.1) is 0 Å². The van der Waals surface area contributed by atoms with E-state index >= 15 is 0 Å². The number of methoxy groups -OCH3 is 1. The van der Waals surface area contributed by atoms with E-state index in [-0.39, 0.29) is 19.1 Å². The average molecular weight is 291 g/mol. The SMILES string of the molecule is COCCNC(=O)CNC(=O)COc1ccccc1C#N. The van der Waals surface area contributed by atoms with Crippen LogP contribution in [0.2, 0.25) is 0 Å². The van der Waals surface area contributed by atoms with Crippen LogP contribution in [0.15, 0.2) is 24.3 Å². The second-order valence-electron chi connectivity index (χ2n) is 4.02. The quantitative estimate of drug-likeness (QED) is 0.647. The zero-order valence-corrected chi connectivity index (χ0v) is 11.7. The van der Waals surface area contributed by atoms with E-state index in [0.717, 1.165) is 0 Å². The van der Waals surface area contributed by atoms with Crippen LogP contribution in [-0.2, 0) is 14.3 Å². The van der Waals surface area contributed by atoms with Gasteiger partial charge in [0.15, 0.2) is 6.61 Å². The third-order valence-electron chi connectivity index (χ3n) is 2.44. The highest BCUT2D eigenvalue weighted by Crippen LogP contribution is 2.15. The molecular formula is C14H17N3O4. The van der Waals surface area contributed by atoms with Crippen LogP contribution in [0.4, 0.5) is 0 Å². The lowest BCUT2D eigenvalue weighted by Crippen LogP contribution is -2.39. The number of nitrogens with zero attached hydrogens (tertiary/aromatic N) is 1. The third-order valence-corrected chi connectivity index (χ3v) is 2.44. The summed E-state index contributed by atoms with van der Waals surface area (Å²) >= 11 is 0. The Morgan fingerprint density at radius 2 is 2.00 bits per heavy atom. The van der Waals surface area contributed by atoms with Gasteiger partial charge in [-0.05, 0) is 12.1 Å². The van der Waals surface area contributed by atoms with Gasteiger partial charge < -0.3 is 20.1 Å². The van der Waals surface area contributed by atoms with E-state index in [1.54, 1.807) is 24.3 Å². The third kappa shape index (κ3) is 6.40. The number of amides is 2. The average Bonchev–Trinajstić information content (AvgIpc) is 2.51. The standard InChI is InChI=1S/C14H17N3O4/c1-20-7-6-16-13(18)9-17-14(19)10-21-12-5-3-2-4-11(12)8-15/h2-5H,6-7,9-10H2,1H3,(H,16,18)(H,17,19). The maximum atomic E-state index is 11.5. The summed E-state index contributed by atoms with van der Waals surface area (Å²) in [5, 5.41) is 13.9. The predicted octanol–water partition coefficient (Wildman–Crippen LogP) is -0.184. The van der Waals surface area contributed by atoms with Crippen LogP contribution >= 0.6 is 0 Å². The van der Waals surface area contributed by atoms with Crippen molar-refractivity contribution in [2.24, 2.45) is 0 Å². The van der Waals surface area contributed by atoms with Gasteiger partial charge in [-0.25, -0.2) is 0 Å². The van der Waals surface area contributed by atoms with E-state index in [1.807, 2.05) is 6.07 Å². The van der Waals surface area contributed by atoms with Crippen molar-refractivity contribution in [2.45, 2.75) is 0 Å². The second kappa shape index (κ2) is 9.34. The summed E-state index contributed by atoms with van der Waals surface area (Å²) < 4.78 is 10.0. The van der Waals surface area contributed by atoms with Crippen LogP contribution in [0.3, 0.4) is 0 Å². The van der Waals surface area contributed by atoms with Crippen molar-refractivity contribution in [2.75, 3.05) is 33.4 Å². The molecule has 2 N–H and O–H groups in total. The summed E-state index contributed by atoms with van der Waals surface area (Å²) in [7, 11) is 1.53. The lowest BCUT2D eigenvalue weighted by molar-refractivity contribution is -0.127. The Bertz CT molecular complexity index is 525. The highest BCUT2D eigenvalue weighted by molar-refractivity contribution is 5.85. The molecule has 0 fully saturated rings. The van der Waals surface area contributed by atoms with Gasteiger partial charge in [-0.2, -0.15) is 5.26 Å². The molecule has 0 aromatic heterocycles. The fourth-order valence-electron chi connectivity index (χ4n) is 1.41. The van der Waals surface area contributed by atoms with Crippen molar-refractivity contribution in [1.82, 2.24) is 10.6 Å². The first-order valence-electron chi connectivity index (χ1n) is 6.31. The second-order valence-corrected chi connectivity index (χ2v) is 4.02. The first kappa shape index (κ1) is 16.5. The highest BCUT2D eigenvalue weighted by atomic mass is 16.5. The Labute approximate surface area is 122 Å². The number of ether oxygens (including phenoxy) is 2. The van der Waals surface area contributed by atoms with E-state index in [9.17, 15) is 9.59 Å². The Morgan fingerprint density at radius 3 is 2.71 bits per heavy atom. The molecule has 112 valence electrons. The number of hydrogen-bond donors (Lipinski definition) is 2. The summed E-state index contributed by atoms with van der Waals surface area (Å²) in [5.41, 5.74) is 0.350. The van der Waals surface area contributed by atoms with E-state index in [4.69, 9.17) is 14.7 Å². The Kier molecular flexibility index (Phi) is 7.32. The normalized spacial score (nSPS) is 9.52. The maximum absolute atomic E-state index is 11.5. The summed E-state index contributed by atoms with van der Waals surface area (Å²) in [5.74, 6) is -0.415. The molecule has 0 bridgehead atoms. The monoisotopic (exact) mass is 291 g/mol. The van der Waals surface area contributed by atoms with Crippen molar-refractivity contribution < 1.29 is 19.1 Å². The first-order chi connectivity index (χ1) is 10.2. The molecule has 0 atom stereocenters. The fourth-order valence-corrected chi connectivity index (χ4v) is 1.41. The van der Waals surface area contributed by atoms with Gasteiger partial charge in [0.2, 0.25) is 5.91 Å². The van der Waals surface area contributed by atoms with E-state index in [0.29, 0.717) is 24.5 Å². The van der Waals surface area contributed by atoms with E-state index < -0.39 is 5.91 Å². The van der Waals surface area contributed by atoms with Crippen molar-refractivity contribution >= 4 is 11.8 Å². The number of rotatable bonds is 8. The minimum Gasteiger partial charge on any atom is -0.482 e. The van der Waals surface area contributed by atoms with Crippen LogP contribution in [0.5, 0.6) is 5.75 Å². The minimum atomic E-state index is -0.440. The molecule has 0 saturated heterocycles. The van der Waals surface area contributed by atoms with Crippen molar-refractivity contribution in [3.05, 3.63) is 29.8 Å². The molecular weight excluding hydrogens is 274 g/mol. The van der Waals surface area contributed by atoms with E-state index in [1.165, 1.54) is 7.11 Å². The molecule has 0 unspecified atom stereocenters. The van der Waals surface area contributed by atoms with Crippen molar-refractivity contribution in [1.29, 1.82) is 5.26 Å². The van der Waals surface area contributed by atoms with Gasteiger partial charge in [-0.1, -0.05) is 12.1 Å². The Morgan fingerprint density at radius 1 is 1.24 bits per heavy atom. The molecule has 1 aromatic rings. The molecule has 0 aliphatic rings. The summed E-state index contributed by atoms with van der Waals surface area (Å²) in [6.45, 7) is 0.404. The molecule has 0 spiro atoms. The number of nitriles is 1. The molecule has 1 rings (SSSR count). The summed E-state index contributed by atoms with van der Waals surface area (Å²) in [6.07, 6.45) is 0.